The van der Waals surface area contributed by atoms with Crippen LogP contribution in [0.3, 0.4) is 0 Å². The van der Waals surface area contributed by atoms with E-state index in [1.165, 1.54) is 16.4 Å². The number of carbonyl (C=O) groups excluding carboxylic acids is 1. The predicted molar refractivity (Wildman–Crippen MR) is 112 cm³/mol. The summed E-state index contributed by atoms with van der Waals surface area (Å²) in [6.07, 6.45) is 2.70. The Morgan fingerprint density at radius 3 is 2.45 bits per heavy atom. The summed E-state index contributed by atoms with van der Waals surface area (Å²) < 4.78 is 43.6. The molecule has 4 rings (SSSR count). The van der Waals surface area contributed by atoms with Gasteiger partial charge in [-0.1, -0.05) is 6.42 Å². The van der Waals surface area contributed by atoms with Crippen LogP contribution >= 0.6 is 0 Å². The number of morpholine rings is 1. The van der Waals surface area contributed by atoms with Crippen LogP contribution in [0.2, 0.25) is 0 Å². The summed E-state index contributed by atoms with van der Waals surface area (Å²) in [5.74, 6) is 1.10. The number of nitrogens with zero attached hydrogens (tertiary/aromatic N) is 2. The lowest BCUT2D eigenvalue weighted by Gasteiger charge is -2.33. The molecule has 2 aromatic heterocycles. The van der Waals surface area contributed by atoms with Crippen molar-refractivity contribution in [3.8, 4) is 0 Å². The highest BCUT2D eigenvalue weighted by molar-refractivity contribution is 7.89. The number of amides is 1. The van der Waals surface area contributed by atoms with E-state index < -0.39 is 15.9 Å². The van der Waals surface area contributed by atoms with Gasteiger partial charge in [-0.25, -0.2) is 8.42 Å². The van der Waals surface area contributed by atoms with Crippen molar-refractivity contribution in [3.05, 3.63) is 41.5 Å². The third-order valence-corrected chi connectivity index (χ3v) is 7.52. The van der Waals surface area contributed by atoms with Crippen LogP contribution in [-0.4, -0.2) is 69.5 Å². The van der Waals surface area contributed by atoms with Crippen molar-refractivity contribution in [1.29, 1.82) is 0 Å². The zero-order valence-electron chi connectivity index (χ0n) is 17.7. The van der Waals surface area contributed by atoms with Crippen LogP contribution in [-0.2, 0) is 14.8 Å². The smallest absolute Gasteiger partial charge is 0.287 e. The van der Waals surface area contributed by atoms with Gasteiger partial charge in [0.25, 0.3) is 15.9 Å². The number of rotatable bonds is 7. The van der Waals surface area contributed by atoms with Gasteiger partial charge in [-0.3, -0.25) is 9.69 Å². The van der Waals surface area contributed by atoms with Gasteiger partial charge in [-0.15, -0.1) is 0 Å². The van der Waals surface area contributed by atoms with E-state index in [2.05, 4.69) is 10.2 Å². The van der Waals surface area contributed by atoms with Gasteiger partial charge in [0.05, 0.1) is 19.3 Å². The summed E-state index contributed by atoms with van der Waals surface area (Å²) in [6, 6.07) is 6.43. The summed E-state index contributed by atoms with van der Waals surface area (Å²) >= 11 is 0. The predicted octanol–water partition coefficient (Wildman–Crippen LogP) is 2.16. The molecule has 2 aromatic rings. The first kappa shape index (κ1) is 22.1. The summed E-state index contributed by atoms with van der Waals surface area (Å²) in [7, 11) is -3.71. The molecule has 1 N–H and O–H groups in total. The maximum absolute atomic E-state index is 12.8. The largest absolute Gasteiger partial charge is 0.465 e. The van der Waals surface area contributed by atoms with Crippen molar-refractivity contribution >= 4 is 15.9 Å². The summed E-state index contributed by atoms with van der Waals surface area (Å²) in [6.45, 7) is 5.87. The van der Waals surface area contributed by atoms with Gasteiger partial charge >= 0.3 is 0 Å². The average Bonchev–Trinajstić information content (AvgIpc) is 3.45. The molecule has 0 bridgehead atoms. The van der Waals surface area contributed by atoms with Crippen LogP contribution in [0, 0.1) is 6.92 Å². The third kappa shape index (κ3) is 5.03. The maximum Gasteiger partial charge on any atom is 0.287 e. The number of aryl methyl sites for hydroxylation is 1. The topological polar surface area (TPSA) is 105 Å². The molecule has 10 heteroatoms. The van der Waals surface area contributed by atoms with Crippen molar-refractivity contribution in [2.24, 2.45) is 0 Å². The van der Waals surface area contributed by atoms with Crippen molar-refractivity contribution in [1.82, 2.24) is 14.5 Å². The van der Waals surface area contributed by atoms with E-state index >= 15 is 0 Å². The highest BCUT2D eigenvalue weighted by atomic mass is 32.2. The van der Waals surface area contributed by atoms with Gasteiger partial charge in [0.1, 0.15) is 11.5 Å². The number of nitrogens with one attached hydrogen (secondary N) is 1. The Labute approximate surface area is 182 Å². The number of carbonyl (C=O) groups is 1. The molecule has 31 heavy (non-hydrogen) atoms. The zero-order valence-corrected chi connectivity index (χ0v) is 18.5. The van der Waals surface area contributed by atoms with Crippen LogP contribution in [0.1, 0.15) is 47.4 Å². The average molecular weight is 452 g/mol. The van der Waals surface area contributed by atoms with Gasteiger partial charge in [0.2, 0.25) is 5.09 Å². The molecule has 2 fully saturated rings. The third-order valence-electron chi connectivity index (χ3n) is 5.75. The Morgan fingerprint density at radius 1 is 1.03 bits per heavy atom. The molecule has 0 saturated carbocycles. The van der Waals surface area contributed by atoms with E-state index in [-0.39, 0.29) is 16.9 Å². The van der Waals surface area contributed by atoms with Crippen LogP contribution < -0.4 is 5.32 Å². The minimum Gasteiger partial charge on any atom is -0.465 e. The van der Waals surface area contributed by atoms with E-state index in [1.807, 2.05) is 19.1 Å². The molecule has 4 heterocycles. The molecule has 1 unspecified atom stereocenters. The molecule has 1 amide bonds. The van der Waals surface area contributed by atoms with E-state index in [0.29, 0.717) is 32.8 Å². The lowest BCUT2D eigenvalue weighted by Crippen LogP contribution is -2.43. The van der Waals surface area contributed by atoms with E-state index in [4.69, 9.17) is 13.6 Å². The Bertz CT molecular complexity index is 986. The number of hydrogen-bond acceptors (Lipinski definition) is 7. The molecule has 0 spiro atoms. The summed E-state index contributed by atoms with van der Waals surface area (Å²) in [5, 5.41) is 2.68. The van der Waals surface area contributed by atoms with Gasteiger partial charge in [0, 0.05) is 32.7 Å². The monoisotopic (exact) mass is 451 g/mol. The quantitative estimate of drug-likeness (QED) is 0.688. The van der Waals surface area contributed by atoms with Crippen LogP contribution in [0.25, 0.3) is 0 Å². The summed E-state index contributed by atoms with van der Waals surface area (Å²) in [5.41, 5.74) is 0. The lowest BCUT2D eigenvalue weighted by molar-refractivity contribution is 0.0116. The van der Waals surface area contributed by atoms with Crippen LogP contribution in [0.15, 0.2) is 38.2 Å². The van der Waals surface area contributed by atoms with Crippen molar-refractivity contribution in [3.63, 3.8) is 0 Å². The van der Waals surface area contributed by atoms with Gasteiger partial charge < -0.3 is 18.9 Å². The Hall–Kier alpha value is -2.14. The molecular weight excluding hydrogens is 422 g/mol. The molecular formula is C21H29N3O6S. The van der Waals surface area contributed by atoms with E-state index in [0.717, 1.165) is 43.9 Å². The fourth-order valence-electron chi connectivity index (χ4n) is 4.02. The molecule has 0 aliphatic carbocycles. The number of sulfonamides is 1. The standard InChI is InChI=1S/C21H29N3O6S/c1-16-5-6-18(29-16)17(23-11-13-28-14-12-23)15-22-21(25)19-7-8-20(30-19)31(26,27)24-9-3-2-4-10-24/h5-8,17H,2-4,9-15H2,1H3,(H,22,25). The Balaban J connectivity index is 1.43. The SMILES string of the molecule is Cc1ccc(C(CNC(=O)c2ccc(S(=O)(=O)N3CCCCC3)o2)N2CCOCC2)o1. The molecule has 170 valence electrons. The van der Waals surface area contributed by atoms with Gasteiger partial charge in [0.15, 0.2) is 5.76 Å². The van der Waals surface area contributed by atoms with Crippen molar-refractivity contribution in [2.45, 2.75) is 37.3 Å². The number of hydrogen-bond donors (Lipinski definition) is 1. The zero-order chi connectivity index (χ0) is 21.8. The highest BCUT2D eigenvalue weighted by Gasteiger charge is 2.30. The molecule has 2 aliphatic rings. The second-order valence-corrected chi connectivity index (χ2v) is 9.77. The molecule has 1 atom stereocenters. The molecule has 2 saturated heterocycles. The number of piperidine rings is 1. The highest BCUT2D eigenvalue weighted by Crippen LogP contribution is 2.25. The number of ether oxygens (including phenoxy) is 1. The fourth-order valence-corrected chi connectivity index (χ4v) is 5.45. The maximum atomic E-state index is 12.8. The van der Waals surface area contributed by atoms with Crippen molar-refractivity contribution < 1.29 is 26.8 Å². The minimum absolute atomic E-state index is 0.0214. The normalized spacial score (nSPS) is 19.9. The molecule has 2 aliphatic heterocycles. The first-order chi connectivity index (χ1) is 14.9. The first-order valence-electron chi connectivity index (χ1n) is 10.7. The van der Waals surface area contributed by atoms with Crippen molar-refractivity contribution in [2.75, 3.05) is 45.9 Å². The lowest BCUT2D eigenvalue weighted by atomic mass is 10.1. The second-order valence-electron chi connectivity index (χ2n) is 7.91. The first-order valence-corrected chi connectivity index (χ1v) is 12.2. The van der Waals surface area contributed by atoms with E-state index in [1.54, 1.807) is 0 Å². The fraction of sp³-hybridized carbons (Fsp3) is 0.571. The second kappa shape index (κ2) is 9.56. The van der Waals surface area contributed by atoms with E-state index in [9.17, 15) is 13.2 Å². The van der Waals surface area contributed by atoms with Crippen LogP contribution in [0.5, 0.6) is 0 Å². The summed E-state index contributed by atoms with van der Waals surface area (Å²) in [4.78, 5) is 14.9. The molecule has 0 radical (unpaired) electrons. The molecule has 0 aromatic carbocycles. The Kier molecular flexibility index (Phi) is 6.80. The van der Waals surface area contributed by atoms with Gasteiger partial charge in [-0.2, -0.15) is 4.31 Å². The Morgan fingerprint density at radius 2 is 1.77 bits per heavy atom. The number of furan rings is 2. The van der Waals surface area contributed by atoms with Gasteiger partial charge in [-0.05, 0) is 44.0 Å². The molecule has 9 nitrogen and oxygen atoms in total. The van der Waals surface area contributed by atoms with Crippen LogP contribution in [0.4, 0.5) is 0 Å². The minimum atomic E-state index is -3.71.